The van der Waals surface area contributed by atoms with E-state index in [1.807, 2.05) is 0 Å². The summed E-state index contributed by atoms with van der Waals surface area (Å²) in [6.07, 6.45) is 0. The van der Waals surface area contributed by atoms with Crippen LogP contribution in [-0.4, -0.2) is 26.2 Å². The van der Waals surface area contributed by atoms with Gasteiger partial charge in [0.25, 0.3) is 0 Å². The summed E-state index contributed by atoms with van der Waals surface area (Å²) in [5.41, 5.74) is -4.34. The van der Waals surface area contributed by atoms with E-state index < -0.39 is 15.5 Å². The van der Waals surface area contributed by atoms with E-state index in [-0.39, 0.29) is 29.0 Å². The highest BCUT2D eigenvalue weighted by Crippen LogP contribution is 2.29. The molecule has 0 heterocycles. The van der Waals surface area contributed by atoms with Crippen LogP contribution in [-0.2, 0) is 10.0 Å². The summed E-state index contributed by atoms with van der Waals surface area (Å²) in [5.74, 6) is -0.362. The first-order valence-corrected chi connectivity index (χ1v) is 7.93. The summed E-state index contributed by atoms with van der Waals surface area (Å²) in [6, 6.07) is 5.81. The Morgan fingerprint density at radius 2 is 1.78 bits per heavy atom. The Morgan fingerprint density at radius 3 is 2.28 bits per heavy atom. The van der Waals surface area contributed by atoms with Crippen molar-refractivity contribution in [1.82, 2.24) is 4.72 Å². The van der Waals surface area contributed by atoms with E-state index in [0.29, 0.717) is 4.47 Å². The van der Waals surface area contributed by atoms with Crippen LogP contribution in [0.2, 0.25) is 0 Å². The Kier molecular flexibility index (Phi) is 5.50. The fourth-order valence-corrected chi connectivity index (χ4v) is 2.90. The molecule has 1 aromatic carbocycles. The van der Waals surface area contributed by atoms with Crippen molar-refractivity contribution in [2.24, 2.45) is 0 Å². The number of thioether (sulfide) groups is 1. The number of halogens is 4. The van der Waals surface area contributed by atoms with Crippen molar-refractivity contribution in [2.75, 3.05) is 12.3 Å². The summed E-state index contributed by atoms with van der Waals surface area (Å²) in [7, 11) is -3.75. The molecule has 0 aromatic heterocycles. The predicted molar refractivity (Wildman–Crippen MR) is 67.8 cm³/mol. The fourth-order valence-electron chi connectivity index (χ4n) is 1.04. The summed E-state index contributed by atoms with van der Waals surface area (Å²) in [4.78, 5) is 0.0164. The molecule has 0 aliphatic heterocycles. The van der Waals surface area contributed by atoms with Crippen LogP contribution >= 0.6 is 27.7 Å². The van der Waals surface area contributed by atoms with Gasteiger partial charge in [-0.3, -0.25) is 0 Å². The molecule has 1 rings (SSSR count). The first kappa shape index (κ1) is 15.8. The molecule has 0 unspecified atom stereocenters. The van der Waals surface area contributed by atoms with Crippen molar-refractivity contribution < 1.29 is 21.6 Å². The van der Waals surface area contributed by atoms with Gasteiger partial charge in [0.2, 0.25) is 10.0 Å². The Hall–Kier alpha value is -0.250. The number of rotatable bonds is 5. The number of hydrogen-bond acceptors (Lipinski definition) is 3. The largest absolute Gasteiger partial charge is 0.441 e. The summed E-state index contributed by atoms with van der Waals surface area (Å²) >= 11 is 2.89. The van der Waals surface area contributed by atoms with Gasteiger partial charge >= 0.3 is 5.51 Å². The second-order valence-corrected chi connectivity index (χ2v) is 6.99. The first-order valence-electron chi connectivity index (χ1n) is 4.67. The van der Waals surface area contributed by atoms with Crippen molar-refractivity contribution in [3.05, 3.63) is 28.7 Å². The molecule has 0 atom stereocenters. The molecule has 0 spiro atoms. The number of alkyl halides is 3. The van der Waals surface area contributed by atoms with Crippen LogP contribution < -0.4 is 4.72 Å². The van der Waals surface area contributed by atoms with Gasteiger partial charge in [0.05, 0.1) is 4.90 Å². The number of hydrogen-bond donors (Lipinski definition) is 1. The van der Waals surface area contributed by atoms with Crippen LogP contribution in [0.5, 0.6) is 0 Å². The first-order chi connectivity index (χ1) is 8.21. The van der Waals surface area contributed by atoms with Crippen LogP contribution in [0.1, 0.15) is 0 Å². The van der Waals surface area contributed by atoms with Crippen molar-refractivity contribution in [3.8, 4) is 0 Å². The van der Waals surface area contributed by atoms with Crippen LogP contribution in [0, 0.1) is 0 Å². The van der Waals surface area contributed by atoms with Gasteiger partial charge in [-0.15, -0.1) is 0 Å². The smallest absolute Gasteiger partial charge is 0.210 e. The van der Waals surface area contributed by atoms with Crippen molar-refractivity contribution in [3.63, 3.8) is 0 Å². The normalized spacial score (nSPS) is 12.7. The van der Waals surface area contributed by atoms with Crippen molar-refractivity contribution in [1.29, 1.82) is 0 Å². The summed E-state index contributed by atoms with van der Waals surface area (Å²) in [5, 5.41) is 0. The van der Waals surface area contributed by atoms with Crippen LogP contribution in [0.4, 0.5) is 13.2 Å². The quantitative estimate of drug-likeness (QED) is 0.818. The lowest BCUT2D eigenvalue weighted by Crippen LogP contribution is -2.26. The molecule has 0 saturated heterocycles. The van der Waals surface area contributed by atoms with E-state index in [1.165, 1.54) is 12.1 Å². The highest BCUT2D eigenvalue weighted by Gasteiger charge is 2.27. The van der Waals surface area contributed by atoms with Crippen molar-refractivity contribution >= 4 is 37.7 Å². The van der Waals surface area contributed by atoms with Gasteiger partial charge in [-0.2, -0.15) is 13.2 Å². The molecule has 9 heteroatoms. The monoisotopic (exact) mass is 363 g/mol. The molecule has 18 heavy (non-hydrogen) atoms. The molecule has 3 nitrogen and oxygen atoms in total. The molecule has 0 fully saturated rings. The van der Waals surface area contributed by atoms with Crippen LogP contribution in [0.3, 0.4) is 0 Å². The zero-order valence-electron chi connectivity index (χ0n) is 8.87. The molecular weight excluding hydrogens is 355 g/mol. The van der Waals surface area contributed by atoms with E-state index >= 15 is 0 Å². The second-order valence-electron chi connectivity index (χ2n) is 3.15. The zero-order chi connectivity index (χ0) is 13.8. The van der Waals surface area contributed by atoms with Crippen LogP contribution in [0.25, 0.3) is 0 Å². The number of sulfonamides is 1. The second kappa shape index (κ2) is 6.27. The predicted octanol–water partition coefficient (Wildman–Crippen LogP) is 2.98. The van der Waals surface area contributed by atoms with Crippen molar-refractivity contribution in [2.45, 2.75) is 10.4 Å². The maximum absolute atomic E-state index is 11.8. The average molecular weight is 364 g/mol. The van der Waals surface area contributed by atoms with Gasteiger partial charge in [0.15, 0.2) is 0 Å². The molecule has 0 radical (unpaired) electrons. The number of nitrogens with one attached hydrogen (secondary N) is 1. The third-order valence-corrected chi connectivity index (χ3v) is 4.52. The molecule has 1 N–H and O–H groups in total. The lowest BCUT2D eigenvalue weighted by Gasteiger charge is -2.08. The highest BCUT2D eigenvalue weighted by molar-refractivity contribution is 9.10. The van der Waals surface area contributed by atoms with Gasteiger partial charge in [-0.1, -0.05) is 15.9 Å². The molecule has 0 saturated carbocycles. The van der Waals surface area contributed by atoms with Gasteiger partial charge in [0.1, 0.15) is 0 Å². The van der Waals surface area contributed by atoms with Crippen LogP contribution in [0.15, 0.2) is 33.6 Å². The maximum atomic E-state index is 11.8. The molecule has 0 amide bonds. The maximum Gasteiger partial charge on any atom is 0.441 e. The minimum absolute atomic E-state index is 0.0164. The summed E-state index contributed by atoms with van der Waals surface area (Å²) in [6.45, 7) is -0.275. The Morgan fingerprint density at radius 1 is 1.22 bits per heavy atom. The Bertz CT molecular complexity index is 488. The lowest BCUT2D eigenvalue weighted by atomic mass is 10.4. The minimum Gasteiger partial charge on any atom is -0.210 e. The fraction of sp³-hybridized carbons (Fsp3) is 0.333. The molecular formula is C9H9BrF3NO2S2. The Balaban J connectivity index is 2.53. The molecule has 102 valence electrons. The van der Waals surface area contributed by atoms with Gasteiger partial charge in [0, 0.05) is 16.8 Å². The third kappa shape index (κ3) is 5.59. The molecule has 0 bridgehead atoms. The molecule has 0 aliphatic carbocycles. The van der Waals surface area contributed by atoms with Gasteiger partial charge in [-0.05, 0) is 36.0 Å². The molecule has 1 aromatic rings. The Labute approximate surface area is 115 Å². The van der Waals surface area contributed by atoms with E-state index in [1.54, 1.807) is 12.1 Å². The minimum atomic E-state index is -4.34. The average Bonchev–Trinajstić information content (AvgIpc) is 2.24. The van der Waals surface area contributed by atoms with E-state index in [9.17, 15) is 21.6 Å². The van der Waals surface area contributed by atoms with Gasteiger partial charge in [-0.25, -0.2) is 13.1 Å². The van der Waals surface area contributed by atoms with E-state index in [4.69, 9.17) is 0 Å². The SMILES string of the molecule is O=S(=O)(NCCSC(F)(F)F)c1ccc(Br)cc1. The molecule has 0 aliphatic rings. The van der Waals surface area contributed by atoms with E-state index in [0.717, 1.165) is 0 Å². The van der Waals surface area contributed by atoms with E-state index in [2.05, 4.69) is 20.7 Å². The number of benzene rings is 1. The third-order valence-electron chi connectivity index (χ3n) is 1.78. The topological polar surface area (TPSA) is 46.2 Å². The zero-order valence-corrected chi connectivity index (χ0v) is 12.1. The summed E-state index contributed by atoms with van der Waals surface area (Å²) < 4.78 is 61.6. The lowest BCUT2D eigenvalue weighted by molar-refractivity contribution is -0.0327. The standard InChI is InChI=1S/C9H9BrF3NO2S2/c10-7-1-3-8(4-2-7)18(15,16)14-5-6-17-9(11,12)13/h1-4,14H,5-6H2. The van der Waals surface area contributed by atoms with Gasteiger partial charge < -0.3 is 0 Å². The highest BCUT2D eigenvalue weighted by atomic mass is 79.9.